The van der Waals surface area contributed by atoms with E-state index in [2.05, 4.69) is 15.3 Å². The Hall–Kier alpha value is -2.80. The van der Waals surface area contributed by atoms with Crippen LogP contribution in [-0.2, 0) is 20.1 Å². The Morgan fingerprint density at radius 1 is 1.19 bits per heavy atom. The van der Waals surface area contributed by atoms with Gasteiger partial charge in [0.25, 0.3) is 5.91 Å². The number of methoxy groups -OCH3 is 1. The SMILES string of the molecule is COC(=O)COc1cccc(/C=N\NC(=O)[C@H](C)SCc2ccccc2)c1. The first kappa shape index (κ1) is 20.5. The number of hydrazone groups is 1. The van der Waals surface area contributed by atoms with Crippen LogP contribution in [0.2, 0.25) is 0 Å². The quantitative estimate of drug-likeness (QED) is 0.407. The lowest BCUT2D eigenvalue weighted by molar-refractivity contribution is -0.142. The number of hydrogen-bond acceptors (Lipinski definition) is 6. The molecule has 6 nitrogen and oxygen atoms in total. The maximum atomic E-state index is 12.1. The van der Waals surface area contributed by atoms with Crippen LogP contribution in [0.3, 0.4) is 0 Å². The normalized spacial score (nSPS) is 11.8. The van der Waals surface area contributed by atoms with Crippen LogP contribution >= 0.6 is 11.8 Å². The average molecular weight is 386 g/mol. The number of ether oxygens (including phenoxy) is 2. The van der Waals surface area contributed by atoms with Crippen molar-refractivity contribution < 1.29 is 19.1 Å². The molecule has 0 aliphatic carbocycles. The van der Waals surface area contributed by atoms with E-state index >= 15 is 0 Å². The van der Waals surface area contributed by atoms with Crippen molar-refractivity contribution in [2.24, 2.45) is 5.10 Å². The lowest BCUT2D eigenvalue weighted by Gasteiger charge is -2.09. The molecule has 1 atom stereocenters. The van der Waals surface area contributed by atoms with Crippen molar-refractivity contribution in [2.45, 2.75) is 17.9 Å². The Morgan fingerprint density at radius 3 is 2.70 bits per heavy atom. The highest BCUT2D eigenvalue weighted by Crippen LogP contribution is 2.17. The average Bonchev–Trinajstić information content (AvgIpc) is 2.71. The van der Waals surface area contributed by atoms with E-state index in [9.17, 15) is 9.59 Å². The van der Waals surface area contributed by atoms with Crippen molar-refractivity contribution >= 4 is 29.9 Å². The molecule has 2 rings (SSSR count). The molecule has 0 aromatic heterocycles. The largest absolute Gasteiger partial charge is 0.482 e. The lowest BCUT2D eigenvalue weighted by atomic mass is 10.2. The van der Waals surface area contributed by atoms with Gasteiger partial charge in [-0.15, -0.1) is 11.8 Å². The molecule has 142 valence electrons. The van der Waals surface area contributed by atoms with Gasteiger partial charge in [-0.05, 0) is 30.2 Å². The van der Waals surface area contributed by atoms with Gasteiger partial charge in [-0.2, -0.15) is 5.10 Å². The summed E-state index contributed by atoms with van der Waals surface area (Å²) in [6, 6.07) is 17.0. The minimum atomic E-state index is -0.455. The van der Waals surface area contributed by atoms with Crippen molar-refractivity contribution in [1.82, 2.24) is 5.43 Å². The number of carbonyl (C=O) groups excluding carboxylic acids is 2. The zero-order valence-corrected chi connectivity index (χ0v) is 16.1. The Bertz CT molecular complexity index is 781. The van der Waals surface area contributed by atoms with E-state index in [4.69, 9.17) is 4.74 Å². The van der Waals surface area contributed by atoms with E-state index < -0.39 is 5.97 Å². The molecule has 0 saturated heterocycles. The minimum Gasteiger partial charge on any atom is -0.482 e. The number of nitrogens with one attached hydrogen (secondary N) is 1. The second-order valence-electron chi connectivity index (χ2n) is 5.61. The highest BCUT2D eigenvalue weighted by atomic mass is 32.2. The number of thioether (sulfide) groups is 1. The van der Waals surface area contributed by atoms with Gasteiger partial charge in [-0.1, -0.05) is 42.5 Å². The zero-order valence-electron chi connectivity index (χ0n) is 15.3. The number of hydrogen-bond donors (Lipinski definition) is 1. The fourth-order valence-corrected chi connectivity index (χ4v) is 2.86. The summed E-state index contributed by atoms with van der Waals surface area (Å²) in [5, 5.41) is 3.76. The number of carbonyl (C=O) groups is 2. The van der Waals surface area contributed by atoms with Gasteiger partial charge in [0.1, 0.15) is 5.75 Å². The summed E-state index contributed by atoms with van der Waals surface area (Å²) in [5.41, 5.74) is 4.45. The number of nitrogens with zero attached hydrogens (tertiary/aromatic N) is 1. The van der Waals surface area contributed by atoms with Crippen molar-refractivity contribution in [1.29, 1.82) is 0 Å². The van der Waals surface area contributed by atoms with Crippen molar-refractivity contribution in [3.63, 3.8) is 0 Å². The zero-order chi connectivity index (χ0) is 19.5. The molecule has 2 aromatic rings. The van der Waals surface area contributed by atoms with Crippen LogP contribution < -0.4 is 10.2 Å². The van der Waals surface area contributed by atoms with Crippen LogP contribution in [0.5, 0.6) is 5.75 Å². The highest BCUT2D eigenvalue weighted by molar-refractivity contribution is 7.99. The molecule has 0 heterocycles. The fourth-order valence-electron chi connectivity index (χ4n) is 2.02. The number of benzene rings is 2. The molecule has 2 aromatic carbocycles. The van der Waals surface area contributed by atoms with Gasteiger partial charge in [0.05, 0.1) is 18.6 Å². The second kappa shape index (κ2) is 11.0. The molecular weight excluding hydrogens is 364 g/mol. The van der Waals surface area contributed by atoms with Crippen LogP contribution in [0.25, 0.3) is 0 Å². The maximum Gasteiger partial charge on any atom is 0.343 e. The fraction of sp³-hybridized carbons (Fsp3) is 0.250. The molecule has 0 unspecified atom stereocenters. The third kappa shape index (κ3) is 7.53. The molecule has 0 aliphatic rings. The third-order valence-corrected chi connectivity index (χ3v) is 4.76. The van der Waals surface area contributed by atoms with Gasteiger partial charge in [0.2, 0.25) is 0 Å². The van der Waals surface area contributed by atoms with Gasteiger partial charge >= 0.3 is 5.97 Å². The Balaban J connectivity index is 1.80. The van der Waals surface area contributed by atoms with Crippen LogP contribution in [0.1, 0.15) is 18.1 Å². The minimum absolute atomic E-state index is 0.162. The highest BCUT2D eigenvalue weighted by Gasteiger charge is 2.12. The molecule has 1 N–H and O–H groups in total. The predicted molar refractivity (Wildman–Crippen MR) is 107 cm³/mol. The van der Waals surface area contributed by atoms with E-state index in [1.54, 1.807) is 30.0 Å². The maximum absolute atomic E-state index is 12.1. The van der Waals surface area contributed by atoms with Crippen LogP contribution in [0.4, 0.5) is 0 Å². The predicted octanol–water partition coefficient (Wildman–Crippen LogP) is 3.01. The lowest BCUT2D eigenvalue weighted by Crippen LogP contribution is -2.27. The van der Waals surface area contributed by atoms with Gasteiger partial charge in [0, 0.05) is 5.75 Å². The van der Waals surface area contributed by atoms with Gasteiger partial charge in [-0.3, -0.25) is 4.79 Å². The van der Waals surface area contributed by atoms with E-state index in [-0.39, 0.29) is 17.8 Å². The molecule has 0 spiro atoms. The first-order valence-electron chi connectivity index (χ1n) is 8.36. The molecular formula is C20H22N2O4S. The Labute approximate surface area is 162 Å². The first-order valence-corrected chi connectivity index (χ1v) is 9.41. The molecule has 0 radical (unpaired) electrons. The van der Waals surface area contributed by atoms with Crippen molar-refractivity contribution in [3.8, 4) is 5.75 Å². The summed E-state index contributed by atoms with van der Waals surface area (Å²) in [4.78, 5) is 23.2. The molecule has 1 amide bonds. The molecule has 0 bridgehead atoms. The van der Waals surface area contributed by atoms with E-state index in [1.807, 2.05) is 43.3 Å². The standard InChI is InChI=1S/C20H22N2O4S/c1-15(27-14-16-7-4-3-5-8-16)20(24)22-21-12-17-9-6-10-18(11-17)26-13-19(23)25-2/h3-12,15H,13-14H2,1-2H3,(H,22,24)/b21-12-/t15-/m0/s1. The summed E-state index contributed by atoms with van der Waals surface area (Å²) in [6.07, 6.45) is 1.53. The van der Waals surface area contributed by atoms with Crippen LogP contribution in [-0.4, -0.2) is 37.1 Å². The first-order chi connectivity index (χ1) is 13.1. The van der Waals surface area contributed by atoms with Gasteiger partial charge in [-0.25, -0.2) is 10.2 Å². The monoisotopic (exact) mass is 386 g/mol. The third-order valence-electron chi connectivity index (χ3n) is 3.54. The number of rotatable bonds is 9. The molecule has 0 fully saturated rings. The summed E-state index contributed by atoms with van der Waals surface area (Å²) in [5.74, 6) is 0.662. The van der Waals surface area contributed by atoms with Crippen LogP contribution in [0.15, 0.2) is 59.7 Å². The van der Waals surface area contributed by atoms with Crippen molar-refractivity contribution in [3.05, 3.63) is 65.7 Å². The van der Waals surface area contributed by atoms with E-state index in [0.29, 0.717) is 5.75 Å². The number of esters is 1. The van der Waals surface area contributed by atoms with Crippen molar-refractivity contribution in [2.75, 3.05) is 13.7 Å². The molecule has 0 saturated carbocycles. The molecule has 27 heavy (non-hydrogen) atoms. The summed E-state index contributed by atoms with van der Waals surface area (Å²) >= 11 is 1.55. The summed E-state index contributed by atoms with van der Waals surface area (Å²) in [6.45, 7) is 1.68. The Morgan fingerprint density at radius 2 is 1.96 bits per heavy atom. The second-order valence-corrected chi connectivity index (χ2v) is 6.94. The van der Waals surface area contributed by atoms with E-state index in [1.165, 1.54) is 18.9 Å². The van der Waals surface area contributed by atoms with Crippen LogP contribution in [0, 0.1) is 0 Å². The van der Waals surface area contributed by atoms with Gasteiger partial charge < -0.3 is 9.47 Å². The van der Waals surface area contributed by atoms with E-state index in [0.717, 1.165) is 11.3 Å². The molecule has 0 aliphatic heterocycles. The van der Waals surface area contributed by atoms with Gasteiger partial charge in [0.15, 0.2) is 6.61 Å². The Kier molecular flexibility index (Phi) is 8.38. The summed E-state index contributed by atoms with van der Waals surface area (Å²) < 4.78 is 9.84. The topological polar surface area (TPSA) is 77.0 Å². The smallest absolute Gasteiger partial charge is 0.343 e. The molecule has 7 heteroatoms. The summed E-state index contributed by atoms with van der Waals surface area (Å²) in [7, 11) is 1.30. The number of amides is 1.